The van der Waals surface area contributed by atoms with E-state index in [1.807, 2.05) is 0 Å². The number of aromatic nitrogens is 4. The molecule has 1 saturated heterocycles. The molecule has 3 N–H and O–H groups in total. The first-order chi connectivity index (χ1) is 13.0. The Labute approximate surface area is 151 Å². The second kappa shape index (κ2) is 5.52. The zero-order valence-electron chi connectivity index (χ0n) is 13.7. The molecule has 2 aliphatic rings. The first-order valence-corrected chi connectivity index (χ1v) is 8.25. The number of rotatable bonds is 3. The summed E-state index contributed by atoms with van der Waals surface area (Å²) in [7, 11) is 0. The summed E-state index contributed by atoms with van der Waals surface area (Å²) in [5.41, 5.74) is -0.965. The molecule has 1 aliphatic carbocycles. The lowest BCUT2D eigenvalue weighted by Gasteiger charge is -2.20. The Bertz CT molecular complexity index is 1040. The molecule has 1 unspecified atom stereocenters. The van der Waals surface area contributed by atoms with Crippen LogP contribution in [0.25, 0.3) is 11.2 Å². The molecule has 0 spiro atoms. The van der Waals surface area contributed by atoms with Crippen LogP contribution in [0.2, 0.25) is 0 Å². The van der Waals surface area contributed by atoms with Crippen LogP contribution in [-0.4, -0.2) is 59.6 Å². The minimum absolute atomic E-state index is 0.171. The smallest absolute Gasteiger partial charge is 0.256 e. The predicted octanol–water partition coefficient (Wildman–Crippen LogP) is 0.420. The number of imidazole rings is 1. The molecule has 5 rings (SSSR count). The van der Waals surface area contributed by atoms with E-state index >= 15 is 0 Å². The molecule has 0 bridgehead atoms. The molecule has 2 aromatic heterocycles. The lowest BCUT2D eigenvalue weighted by Crippen LogP contribution is -2.33. The van der Waals surface area contributed by atoms with Gasteiger partial charge >= 0.3 is 0 Å². The Morgan fingerprint density at radius 1 is 1.26 bits per heavy atom. The highest BCUT2D eigenvalue weighted by molar-refractivity contribution is 6.06. The molecule has 1 amide bonds. The van der Waals surface area contributed by atoms with Crippen molar-refractivity contribution in [2.75, 3.05) is 5.32 Å². The van der Waals surface area contributed by atoms with Gasteiger partial charge in [-0.25, -0.2) is 19.3 Å². The highest BCUT2D eigenvalue weighted by Gasteiger charge is 2.77. The highest BCUT2D eigenvalue weighted by Crippen LogP contribution is 2.55. The second-order valence-electron chi connectivity index (χ2n) is 6.55. The predicted molar refractivity (Wildman–Crippen MR) is 89.5 cm³/mol. The van der Waals surface area contributed by atoms with Gasteiger partial charge in [0.1, 0.15) is 18.5 Å². The number of halogens is 1. The van der Waals surface area contributed by atoms with Gasteiger partial charge in [-0.05, 0) is 12.1 Å². The van der Waals surface area contributed by atoms with E-state index in [1.165, 1.54) is 17.2 Å². The maximum atomic E-state index is 14.6. The molecule has 10 heteroatoms. The zero-order valence-corrected chi connectivity index (χ0v) is 13.7. The number of ether oxygens (including phenoxy) is 1. The number of hydrogen-bond acceptors (Lipinski definition) is 7. The molecule has 1 aromatic carbocycles. The first-order valence-electron chi connectivity index (χ1n) is 8.25. The van der Waals surface area contributed by atoms with Gasteiger partial charge in [-0.3, -0.25) is 9.36 Å². The summed E-state index contributed by atoms with van der Waals surface area (Å²) in [6, 6.07) is 8.59. The fraction of sp³-hybridized carbons (Fsp3) is 0.294. The van der Waals surface area contributed by atoms with Crippen LogP contribution in [0.1, 0.15) is 16.6 Å². The number of carbonyl (C=O) groups is 1. The van der Waals surface area contributed by atoms with Crippen molar-refractivity contribution < 1.29 is 24.1 Å². The van der Waals surface area contributed by atoms with Crippen molar-refractivity contribution in [1.82, 2.24) is 19.5 Å². The third-order valence-electron chi connectivity index (χ3n) is 4.99. The maximum Gasteiger partial charge on any atom is 0.256 e. The van der Waals surface area contributed by atoms with Gasteiger partial charge in [0, 0.05) is 5.56 Å². The molecule has 0 radical (unpaired) electrons. The van der Waals surface area contributed by atoms with Gasteiger partial charge in [0.05, 0.1) is 6.33 Å². The molecule has 138 valence electrons. The lowest BCUT2D eigenvalue weighted by molar-refractivity contribution is -0.0610. The Morgan fingerprint density at radius 3 is 2.74 bits per heavy atom. The standard InChI is InChI=1S/C17H14FN5O4/c18-10-16(27-12-11(24)17(10,12)26)23-7-21-9-13(19-6-20-14(9)23)22-15(25)8-4-2-1-3-5-8/h1-7,10-12,16,24,26H,(H,19,20,22,25)/t10-,11?,12-,16-,17-/m1/s1. The Hall–Kier alpha value is -2.95. The monoisotopic (exact) mass is 371 g/mol. The third kappa shape index (κ3) is 2.21. The number of benzene rings is 1. The number of anilines is 1. The summed E-state index contributed by atoms with van der Waals surface area (Å²) in [6.07, 6.45) is -2.72. The van der Waals surface area contributed by atoms with Gasteiger partial charge in [-0.2, -0.15) is 0 Å². The van der Waals surface area contributed by atoms with E-state index in [4.69, 9.17) is 4.74 Å². The average Bonchev–Trinajstić information content (AvgIpc) is 3.01. The van der Waals surface area contributed by atoms with Crippen LogP contribution < -0.4 is 5.32 Å². The molecule has 9 nitrogen and oxygen atoms in total. The van der Waals surface area contributed by atoms with E-state index in [1.54, 1.807) is 30.3 Å². The molecule has 2 fully saturated rings. The molecular formula is C17H14FN5O4. The number of carbonyl (C=O) groups excluding carboxylic acids is 1. The van der Waals surface area contributed by atoms with Gasteiger partial charge in [0.2, 0.25) is 0 Å². The fourth-order valence-electron chi connectivity index (χ4n) is 3.40. The number of amides is 1. The molecule has 3 aromatic rings. The van der Waals surface area contributed by atoms with Crippen LogP contribution >= 0.6 is 0 Å². The topological polar surface area (TPSA) is 122 Å². The van der Waals surface area contributed by atoms with E-state index in [-0.39, 0.29) is 22.9 Å². The summed E-state index contributed by atoms with van der Waals surface area (Å²) in [4.78, 5) is 24.6. The minimum atomic E-state index is -1.90. The van der Waals surface area contributed by atoms with Gasteiger partial charge < -0.3 is 20.3 Å². The quantitative estimate of drug-likeness (QED) is 0.610. The van der Waals surface area contributed by atoms with Gasteiger partial charge in [0.15, 0.2) is 35.0 Å². The van der Waals surface area contributed by atoms with Crippen molar-refractivity contribution in [3.8, 4) is 0 Å². The summed E-state index contributed by atoms with van der Waals surface area (Å²) in [6.45, 7) is 0. The van der Waals surface area contributed by atoms with Crippen LogP contribution in [0.4, 0.5) is 10.2 Å². The van der Waals surface area contributed by atoms with Crippen LogP contribution in [0.15, 0.2) is 43.0 Å². The molecular weight excluding hydrogens is 357 g/mol. The van der Waals surface area contributed by atoms with Crippen LogP contribution in [0.3, 0.4) is 0 Å². The van der Waals surface area contributed by atoms with Crippen molar-refractivity contribution in [1.29, 1.82) is 0 Å². The Morgan fingerprint density at radius 2 is 2.04 bits per heavy atom. The lowest BCUT2D eigenvalue weighted by atomic mass is 10.2. The van der Waals surface area contributed by atoms with Crippen LogP contribution in [0, 0.1) is 0 Å². The van der Waals surface area contributed by atoms with Crippen molar-refractivity contribution in [3.63, 3.8) is 0 Å². The summed E-state index contributed by atoms with van der Waals surface area (Å²) in [5, 5.41) is 22.3. The summed E-state index contributed by atoms with van der Waals surface area (Å²) in [5.74, 6) is -0.200. The number of nitrogens with zero attached hydrogens (tertiary/aromatic N) is 4. The summed E-state index contributed by atoms with van der Waals surface area (Å²) < 4.78 is 21.3. The fourth-order valence-corrected chi connectivity index (χ4v) is 3.40. The zero-order chi connectivity index (χ0) is 18.8. The van der Waals surface area contributed by atoms with Crippen molar-refractivity contribution in [2.24, 2.45) is 0 Å². The molecule has 1 saturated carbocycles. The largest absolute Gasteiger partial charge is 0.387 e. The SMILES string of the molecule is O=C(Nc1ncnc2c1ncn2[C@@H]1O[C@@H]2C(O)[C@]2(O)[C@@H]1F)c1ccccc1. The van der Waals surface area contributed by atoms with E-state index in [0.717, 1.165) is 0 Å². The number of fused-ring (bicyclic) bond motifs is 2. The van der Waals surface area contributed by atoms with E-state index in [9.17, 15) is 19.4 Å². The number of alkyl halides is 1. The second-order valence-corrected chi connectivity index (χ2v) is 6.55. The van der Waals surface area contributed by atoms with Gasteiger partial charge in [-0.1, -0.05) is 18.2 Å². The van der Waals surface area contributed by atoms with E-state index < -0.39 is 30.2 Å². The number of hydrogen-bond donors (Lipinski definition) is 3. The van der Waals surface area contributed by atoms with Gasteiger partial charge in [-0.15, -0.1) is 0 Å². The van der Waals surface area contributed by atoms with Crippen molar-refractivity contribution in [2.45, 2.75) is 30.2 Å². The first kappa shape index (κ1) is 16.2. The molecule has 3 heterocycles. The Balaban J connectivity index is 1.47. The normalized spacial score (nSPS) is 31.7. The van der Waals surface area contributed by atoms with Crippen LogP contribution in [-0.2, 0) is 4.74 Å². The highest BCUT2D eigenvalue weighted by atomic mass is 19.1. The molecule has 1 aliphatic heterocycles. The number of nitrogens with one attached hydrogen (secondary N) is 1. The average molecular weight is 371 g/mol. The number of aliphatic hydroxyl groups is 2. The summed E-state index contributed by atoms with van der Waals surface area (Å²) >= 11 is 0. The maximum absolute atomic E-state index is 14.6. The Kier molecular flexibility index (Phi) is 3.32. The molecule has 27 heavy (non-hydrogen) atoms. The third-order valence-corrected chi connectivity index (χ3v) is 4.99. The molecule has 5 atom stereocenters. The van der Waals surface area contributed by atoms with Gasteiger partial charge in [0.25, 0.3) is 5.91 Å². The van der Waals surface area contributed by atoms with E-state index in [2.05, 4.69) is 20.3 Å². The number of aliphatic hydroxyl groups excluding tert-OH is 1. The van der Waals surface area contributed by atoms with Crippen LogP contribution in [0.5, 0.6) is 0 Å². The van der Waals surface area contributed by atoms with Crippen molar-refractivity contribution >= 4 is 22.9 Å². The van der Waals surface area contributed by atoms with E-state index in [0.29, 0.717) is 5.56 Å². The minimum Gasteiger partial charge on any atom is -0.387 e. The van der Waals surface area contributed by atoms with Crippen molar-refractivity contribution in [3.05, 3.63) is 48.5 Å².